The average molecular weight is 382 g/mol. The minimum atomic E-state index is 0. The molecule has 0 saturated carbocycles. The van der Waals surface area contributed by atoms with Gasteiger partial charge >= 0.3 is 0 Å². The summed E-state index contributed by atoms with van der Waals surface area (Å²) in [6, 6.07) is 10.3. The average Bonchev–Trinajstić information content (AvgIpc) is 3.09. The summed E-state index contributed by atoms with van der Waals surface area (Å²) >= 11 is 1.69. The standard InChI is InChI=1S/C18H23N3O2S.ClH/c1-2-23-13-17(22)21-10-8-20(9-11-21)12-16-14-24-18(19-16)15-6-4-3-5-7-15;/h3-7,14H,2,8-13H2,1H3;1H. The fraction of sp³-hybridized carbons (Fsp3) is 0.444. The van der Waals surface area contributed by atoms with E-state index in [9.17, 15) is 4.79 Å². The van der Waals surface area contributed by atoms with E-state index in [4.69, 9.17) is 9.72 Å². The zero-order valence-electron chi connectivity index (χ0n) is 14.4. The largest absolute Gasteiger partial charge is 0.372 e. The summed E-state index contributed by atoms with van der Waals surface area (Å²) in [6.07, 6.45) is 0. The zero-order valence-corrected chi connectivity index (χ0v) is 16.0. The van der Waals surface area contributed by atoms with Crippen molar-refractivity contribution in [2.45, 2.75) is 13.5 Å². The minimum absolute atomic E-state index is 0. The second-order valence-electron chi connectivity index (χ2n) is 5.80. The number of aromatic nitrogens is 1. The molecular formula is C18H24ClN3O2S. The van der Waals surface area contributed by atoms with Gasteiger partial charge in [-0.2, -0.15) is 0 Å². The first-order valence-corrected chi connectivity index (χ1v) is 9.22. The number of benzene rings is 1. The van der Waals surface area contributed by atoms with Crippen molar-refractivity contribution >= 4 is 29.7 Å². The molecule has 3 rings (SSSR count). The molecule has 0 aliphatic carbocycles. The van der Waals surface area contributed by atoms with Gasteiger partial charge in [0.15, 0.2) is 0 Å². The van der Waals surface area contributed by atoms with Crippen molar-refractivity contribution in [3.05, 3.63) is 41.4 Å². The van der Waals surface area contributed by atoms with E-state index in [1.807, 2.05) is 30.0 Å². The number of carbonyl (C=O) groups excluding carboxylic acids is 1. The number of carbonyl (C=O) groups is 1. The van der Waals surface area contributed by atoms with Gasteiger partial charge < -0.3 is 9.64 Å². The van der Waals surface area contributed by atoms with E-state index < -0.39 is 0 Å². The van der Waals surface area contributed by atoms with Gasteiger partial charge in [0, 0.05) is 50.3 Å². The number of nitrogens with zero attached hydrogens (tertiary/aromatic N) is 3. The van der Waals surface area contributed by atoms with Crippen LogP contribution < -0.4 is 0 Å². The first-order valence-electron chi connectivity index (χ1n) is 8.34. The topological polar surface area (TPSA) is 45.7 Å². The number of piperazine rings is 1. The van der Waals surface area contributed by atoms with Crippen molar-refractivity contribution in [1.82, 2.24) is 14.8 Å². The molecule has 0 radical (unpaired) electrons. The van der Waals surface area contributed by atoms with Crippen molar-refractivity contribution in [3.8, 4) is 10.6 Å². The fourth-order valence-electron chi connectivity index (χ4n) is 2.76. The molecule has 1 aromatic heterocycles. The van der Waals surface area contributed by atoms with Crippen LogP contribution >= 0.6 is 23.7 Å². The van der Waals surface area contributed by atoms with Gasteiger partial charge in [-0.3, -0.25) is 9.69 Å². The number of amides is 1. The Kier molecular flexibility index (Phi) is 7.84. The van der Waals surface area contributed by atoms with Gasteiger partial charge in [0.05, 0.1) is 5.69 Å². The van der Waals surface area contributed by atoms with Crippen LogP contribution in [0.15, 0.2) is 35.7 Å². The van der Waals surface area contributed by atoms with Crippen LogP contribution in [0.2, 0.25) is 0 Å². The summed E-state index contributed by atoms with van der Waals surface area (Å²) in [5.41, 5.74) is 2.27. The molecule has 1 amide bonds. The number of ether oxygens (including phenoxy) is 1. The highest BCUT2D eigenvalue weighted by atomic mass is 35.5. The van der Waals surface area contributed by atoms with E-state index in [1.165, 1.54) is 5.56 Å². The highest BCUT2D eigenvalue weighted by Gasteiger charge is 2.21. The summed E-state index contributed by atoms with van der Waals surface area (Å²) in [5.74, 6) is 0.0940. The van der Waals surface area contributed by atoms with Crippen molar-refractivity contribution in [2.75, 3.05) is 39.4 Å². The van der Waals surface area contributed by atoms with Gasteiger partial charge in [-0.05, 0) is 6.92 Å². The molecule has 1 aliphatic rings. The Morgan fingerprint density at radius 1 is 1.20 bits per heavy atom. The van der Waals surface area contributed by atoms with Crippen LogP contribution in [0.5, 0.6) is 0 Å². The van der Waals surface area contributed by atoms with E-state index in [-0.39, 0.29) is 24.9 Å². The predicted octanol–water partition coefficient (Wildman–Crippen LogP) is 2.91. The van der Waals surface area contributed by atoms with Crippen LogP contribution in [0, 0.1) is 0 Å². The highest BCUT2D eigenvalue weighted by molar-refractivity contribution is 7.13. The van der Waals surface area contributed by atoms with E-state index >= 15 is 0 Å². The van der Waals surface area contributed by atoms with Crippen LogP contribution in [0.4, 0.5) is 0 Å². The summed E-state index contributed by atoms with van der Waals surface area (Å²) in [6.45, 7) is 6.83. The third-order valence-corrected chi connectivity index (χ3v) is 5.05. The Labute approximate surface area is 159 Å². The molecule has 0 spiro atoms. The Morgan fingerprint density at radius 3 is 2.60 bits per heavy atom. The molecule has 0 unspecified atom stereocenters. The predicted molar refractivity (Wildman–Crippen MR) is 103 cm³/mol. The summed E-state index contributed by atoms with van der Waals surface area (Å²) in [4.78, 5) is 20.9. The molecule has 1 saturated heterocycles. The molecule has 25 heavy (non-hydrogen) atoms. The van der Waals surface area contributed by atoms with Gasteiger partial charge in [0.1, 0.15) is 11.6 Å². The molecule has 0 bridgehead atoms. The van der Waals surface area contributed by atoms with Crippen LogP contribution in [-0.2, 0) is 16.1 Å². The van der Waals surface area contributed by atoms with E-state index in [0.717, 1.165) is 43.4 Å². The van der Waals surface area contributed by atoms with E-state index in [2.05, 4.69) is 22.4 Å². The Hall–Kier alpha value is -1.47. The molecule has 136 valence electrons. The SMILES string of the molecule is CCOCC(=O)N1CCN(Cc2csc(-c3ccccc3)n2)CC1.Cl. The van der Waals surface area contributed by atoms with Crippen LogP contribution in [0.1, 0.15) is 12.6 Å². The summed E-state index contributed by atoms with van der Waals surface area (Å²) in [5, 5.41) is 3.20. The van der Waals surface area contributed by atoms with Crippen molar-refractivity contribution in [1.29, 1.82) is 0 Å². The number of hydrogen-bond donors (Lipinski definition) is 0. The maximum absolute atomic E-state index is 12.0. The summed E-state index contributed by atoms with van der Waals surface area (Å²) < 4.78 is 5.20. The Balaban J connectivity index is 0.00000225. The van der Waals surface area contributed by atoms with E-state index in [1.54, 1.807) is 11.3 Å². The third kappa shape index (κ3) is 5.51. The molecule has 0 N–H and O–H groups in total. The molecule has 5 nitrogen and oxygen atoms in total. The Morgan fingerprint density at radius 2 is 1.92 bits per heavy atom. The minimum Gasteiger partial charge on any atom is -0.372 e. The first-order chi connectivity index (χ1) is 11.8. The van der Waals surface area contributed by atoms with Gasteiger partial charge in [-0.1, -0.05) is 30.3 Å². The van der Waals surface area contributed by atoms with E-state index in [0.29, 0.717) is 6.61 Å². The summed E-state index contributed by atoms with van der Waals surface area (Å²) in [7, 11) is 0. The lowest BCUT2D eigenvalue weighted by Crippen LogP contribution is -2.49. The fourth-order valence-corrected chi connectivity index (χ4v) is 3.58. The second kappa shape index (κ2) is 9.87. The Bertz CT molecular complexity index is 657. The first kappa shape index (κ1) is 19.8. The molecule has 2 heterocycles. The molecule has 1 fully saturated rings. The van der Waals surface area contributed by atoms with Gasteiger partial charge in [-0.15, -0.1) is 23.7 Å². The maximum Gasteiger partial charge on any atom is 0.248 e. The van der Waals surface area contributed by atoms with Crippen LogP contribution in [-0.4, -0.2) is 60.1 Å². The lowest BCUT2D eigenvalue weighted by Gasteiger charge is -2.34. The number of rotatable bonds is 6. The van der Waals surface area contributed by atoms with Crippen molar-refractivity contribution in [3.63, 3.8) is 0 Å². The number of hydrogen-bond acceptors (Lipinski definition) is 5. The quantitative estimate of drug-likeness (QED) is 0.771. The lowest BCUT2D eigenvalue weighted by atomic mass is 10.2. The van der Waals surface area contributed by atoms with Gasteiger partial charge in [-0.25, -0.2) is 4.98 Å². The molecular weight excluding hydrogens is 358 g/mol. The molecule has 1 aromatic carbocycles. The molecule has 1 aliphatic heterocycles. The van der Waals surface area contributed by atoms with Gasteiger partial charge in [0.2, 0.25) is 5.91 Å². The zero-order chi connectivity index (χ0) is 16.8. The van der Waals surface area contributed by atoms with Gasteiger partial charge in [0.25, 0.3) is 0 Å². The third-order valence-electron chi connectivity index (χ3n) is 4.11. The van der Waals surface area contributed by atoms with Crippen LogP contribution in [0.3, 0.4) is 0 Å². The highest BCUT2D eigenvalue weighted by Crippen LogP contribution is 2.24. The monoisotopic (exact) mass is 381 g/mol. The second-order valence-corrected chi connectivity index (χ2v) is 6.66. The van der Waals surface area contributed by atoms with Crippen molar-refractivity contribution in [2.24, 2.45) is 0 Å². The molecule has 0 atom stereocenters. The smallest absolute Gasteiger partial charge is 0.248 e. The normalized spacial score (nSPS) is 15.0. The molecule has 2 aromatic rings. The molecule has 7 heteroatoms. The number of halogens is 1. The maximum atomic E-state index is 12.0. The lowest BCUT2D eigenvalue weighted by molar-refractivity contribution is -0.137. The van der Waals surface area contributed by atoms with Crippen molar-refractivity contribution < 1.29 is 9.53 Å². The number of thiazole rings is 1. The van der Waals surface area contributed by atoms with Crippen LogP contribution in [0.25, 0.3) is 10.6 Å².